The van der Waals surface area contributed by atoms with Gasteiger partial charge in [-0.25, -0.2) is 0 Å². The fraction of sp³-hybridized carbons (Fsp3) is 1.00. The Bertz CT molecular complexity index is 188. The van der Waals surface area contributed by atoms with Gasteiger partial charge >= 0.3 is 0 Å². The highest BCUT2D eigenvalue weighted by molar-refractivity contribution is 4.87. The van der Waals surface area contributed by atoms with Gasteiger partial charge in [0.1, 0.15) is 0 Å². The minimum Gasteiger partial charge on any atom is -0.394 e. The van der Waals surface area contributed by atoms with Crippen LogP contribution < -0.4 is 5.32 Å². The van der Waals surface area contributed by atoms with E-state index in [4.69, 9.17) is 0 Å². The van der Waals surface area contributed by atoms with E-state index in [2.05, 4.69) is 31.1 Å². The van der Waals surface area contributed by atoms with Crippen LogP contribution in [-0.4, -0.2) is 48.3 Å². The van der Waals surface area contributed by atoms with E-state index in [1.807, 2.05) is 0 Å². The summed E-state index contributed by atoms with van der Waals surface area (Å²) >= 11 is 0. The molecule has 3 heteroatoms. The molecule has 1 rings (SSSR count). The first-order chi connectivity index (χ1) is 7.67. The van der Waals surface area contributed by atoms with Crippen LogP contribution in [0.4, 0.5) is 0 Å². The van der Waals surface area contributed by atoms with Crippen molar-refractivity contribution in [2.24, 2.45) is 0 Å². The Balaban J connectivity index is 2.25. The molecule has 0 saturated heterocycles. The number of nitrogens with zero attached hydrogens (tertiary/aromatic N) is 1. The van der Waals surface area contributed by atoms with Crippen molar-refractivity contribution >= 4 is 0 Å². The lowest BCUT2D eigenvalue weighted by molar-refractivity contribution is 0.141. The Labute approximate surface area is 100 Å². The Kier molecular flexibility index (Phi) is 5.73. The third-order valence-electron chi connectivity index (χ3n) is 3.87. The molecule has 2 N–H and O–H groups in total. The van der Waals surface area contributed by atoms with Crippen LogP contribution in [0.25, 0.3) is 0 Å². The third-order valence-corrected chi connectivity index (χ3v) is 3.87. The van der Waals surface area contributed by atoms with Crippen LogP contribution in [0.5, 0.6) is 0 Å². The van der Waals surface area contributed by atoms with Gasteiger partial charge in [-0.1, -0.05) is 13.8 Å². The predicted molar refractivity (Wildman–Crippen MR) is 68.7 cm³/mol. The molecule has 0 aromatic carbocycles. The Morgan fingerprint density at radius 1 is 1.38 bits per heavy atom. The van der Waals surface area contributed by atoms with Gasteiger partial charge in [-0.05, 0) is 52.2 Å². The zero-order valence-electron chi connectivity index (χ0n) is 11.1. The van der Waals surface area contributed by atoms with Gasteiger partial charge < -0.3 is 15.3 Å². The van der Waals surface area contributed by atoms with E-state index in [1.54, 1.807) is 0 Å². The van der Waals surface area contributed by atoms with Crippen LogP contribution in [0.1, 0.15) is 46.0 Å². The second-order valence-corrected chi connectivity index (χ2v) is 5.14. The lowest BCUT2D eigenvalue weighted by Crippen LogP contribution is -2.48. The Morgan fingerprint density at radius 3 is 2.50 bits per heavy atom. The second kappa shape index (κ2) is 6.58. The quantitative estimate of drug-likeness (QED) is 0.629. The minimum absolute atomic E-state index is 0.0425. The molecule has 1 aliphatic rings. The minimum atomic E-state index is -0.0425. The molecule has 0 bridgehead atoms. The number of aliphatic hydroxyl groups is 1. The number of likely N-dealkylation sites (N-methyl/N-ethyl adjacent to an activating group) is 1. The maximum absolute atomic E-state index is 9.52. The van der Waals surface area contributed by atoms with E-state index in [0.717, 1.165) is 32.0 Å². The first-order valence-corrected chi connectivity index (χ1v) is 6.73. The highest BCUT2D eigenvalue weighted by Crippen LogP contribution is 2.26. The maximum atomic E-state index is 9.52. The molecule has 96 valence electrons. The average molecular weight is 228 g/mol. The highest BCUT2D eigenvalue weighted by Gasteiger charge is 2.28. The zero-order chi connectivity index (χ0) is 12.0. The molecule has 0 aromatic rings. The first kappa shape index (κ1) is 13.9. The van der Waals surface area contributed by atoms with Crippen LogP contribution in [0.3, 0.4) is 0 Å². The molecule has 3 nitrogen and oxygen atoms in total. The fourth-order valence-electron chi connectivity index (χ4n) is 2.38. The summed E-state index contributed by atoms with van der Waals surface area (Å²) in [5.74, 6) is 0. The van der Waals surface area contributed by atoms with Crippen molar-refractivity contribution in [3.8, 4) is 0 Å². The van der Waals surface area contributed by atoms with Gasteiger partial charge in [0.05, 0.1) is 6.61 Å². The van der Waals surface area contributed by atoms with Crippen molar-refractivity contribution in [1.82, 2.24) is 10.2 Å². The van der Waals surface area contributed by atoms with Crippen LogP contribution in [-0.2, 0) is 0 Å². The van der Waals surface area contributed by atoms with Crippen LogP contribution in [0.2, 0.25) is 0 Å². The van der Waals surface area contributed by atoms with Crippen molar-refractivity contribution in [1.29, 1.82) is 0 Å². The van der Waals surface area contributed by atoms with Gasteiger partial charge in [0.25, 0.3) is 0 Å². The summed E-state index contributed by atoms with van der Waals surface area (Å²) in [5, 5.41) is 13.0. The Hall–Kier alpha value is -0.120. The smallest absolute Gasteiger partial charge is 0.0613 e. The first-order valence-electron chi connectivity index (χ1n) is 6.73. The molecule has 1 aliphatic carbocycles. The average Bonchev–Trinajstić information content (AvgIpc) is 3.11. The van der Waals surface area contributed by atoms with Crippen LogP contribution in [0, 0.1) is 0 Å². The van der Waals surface area contributed by atoms with Gasteiger partial charge in [0.15, 0.2) is 0 Å². The van der Waals surface area contributed by atoms with E-state index < -0.39 is 0 Å². The number of hydrogen-bond acceptors (Lipinski definition) is 3. The van der Waals surface area contributed by atoms with Gasteiger partial charge in [-0.15, -0.1) is 0 Å². The standard InChI is InChI=1S/C13H28N2O/c1-4-13(11-16,14-5-2)9-6-10-15(3)12-7-8-12/h12,14,16H,4-11H2,1-3H3. The largest absolute Gasteiger partial charge is 0.394 e. The summed E-state index contributed by atoms with van der Waals surface area (Å²) < 4.78 is 0. The van der Waals surface area contributed by atoms with Crippen molar-refractivity contribution in [3.63, 3.8) is 0 Å². The van der Waals surface area contributed by atoms with Crippen molar-refractivity contribution in [3.05, 3.63) is 0 Å². The molecule has 1 fully saturated rings. The van der Waals surface area contributed by atoms with Gasteiger partial charge in [0.2, 0.25) is 0 Å². The third kappa shape index (κ3) is 4.04. The monoisotopic (exact) mass is 228 g/mol. The molecule has 0 spiro atoms. The second-order valence-electron chi connectivity index (χ2n) is 5.14. The van der Waals surface area contributed by atoms with Crippen molar-refractivity contribution < 1.29 is 5.11 Å². The lowest BCUT2D eigenvalue weighted by Gasteiger charge is -2.32. The summed E-state index contributed by atoms with van der Waals surface area (Å²) in [5.41, 5.74) is -0.0425. The summed E-state index contributed by atoms with van der Waals surface area (Å²) in [4.78, 5) is 2.46. The predicted octanol–water partition coefficient (Wildman–Crippen LogP) is 1.61. The molecule has 0 amide bonds. The van der Waals surface area contributed by atoms with Gasteiger partial charge in [0, 0.05) is 11.6 Å². The van der Waals surface area contributed by atoms with E-state index in [0.29, 0.717) is 0 Å². The molecule has 1 atom stereocenters. The fourth-order valence-corrected chi connectivity index (χ4v) is 2.38. The number of aliphatic hydroxyl groups excluding tert-OH is 1. The van der Waals surface area contributed by atoms with Gasteiger partial charge in [-0.3, -0.25) is 0 Å². The lowest BCUT2D eigenvalue weighted by atomic mass is 9.91. The van der Waals surface area contributed by atoms with E-state index in [1.165, 1.54) is 19.3 Å². The number of nitrogens with one attached hydrogen (secondary N) is 1. The number of hydrogen-bond donors (Lipinski definition) is 2. The van der Waals surface area contributed by atoms with Crippen LogP contribution >= 0.6 is 0 Å². The number of rotatable bonds is 9. The van der Waals surface area contributed by atoms with Crippen molar-refractivity contribution in [2.75, 3.05) is 26.7 Å². The molecular formula is C13H28N2O. The summed E-state index contributed by atoms with van der Waals surface area (Å²) in [7, 11) is 2.22. The zero-order valence-corrected chi connectivity index (χ0v) is 11.1. The molecule has 0 heterocycles. The highest BCUT2D eigenvalue weighted by atomic mass is 16.3. The SMILES string of the molecule is CCNC(CC)(CO)CCCN(C)C1CC1. The molecular weight excluding hydrogens is 200 g/mol. The normalized spacial score (nSPS) is 20.1. The summed E-state index contributed by atoms with van der Waals surface area (Å²) in [6.07, 6.45) is 6.01. The van der Waals surface area contributed by atoms with Crippen LogP contribution in [0.15, 0.2) is 0 Å². The van der Waals surface area contributed by atoms with E-state index in [9.17, 15) is 5.11 Å². The summed E-state index contributed by atoms with van der Waals surface area (Å²) in [6, 6.07) is 0.851. The molecule has 0 aromatic heterocycles. The van der Waals surface area contributed by atoms with Gasteiger partial charge in [-0.2, -0.15) is 0 Å². The Morgan fingerprint density at radius 2 is 2.06 bits per heavy atom. The molecule has 0 radical (unpaired) electrons. The maximum Gasteiger partial charge on any atom is 0.0613 e. The topological polar surface area (TPSA) is 35.5 Å². The van der Waals surface area contributed by atoms with E-state index in [-0.39, 0.29) is 12.1 Å². The molecule has 16 heavy (non-hydrogen) atoms. The van der Waals surface area contributed by atoms with E-state index >= 15 is 0 Å². The van der Waals surface area contributed by atoms with Crippen molar-refractivity contribution in [2.45, 2.75) is 57.5 Å². The summed E-state index contributed by atoms with van der Waals surface area (Å²) in [6.45, 7) is 6.62. The molecule has 1 unspecified atom stereocenters. The molecule has 1 saturated carbocycles. The molecule has 0 aliphatic heterocycles.